The zero-order valence-corrected chi connectivity index (χ0v) is 22.7. The largest absolute Gasteiger partial charge is 0.352 e. The van der Waals surface area contributed by atoms with E-state index in [1.165, 1.54) is 0 Å². The second kappa shape index (κ2) is 11.1. The van der Waals surface area contributed by atoms with Gasteiger partial charge < -0.3 is 15.1 Å². The van der Waals surface area contributed by atoms with Gasteiger partial charge in [-0.25, -0.2) is 0 Å². The molecule has 0 spiro atoms. The lowest BCUT2D eigenvalue weighted by molar-refractivity contribution is -0.141. The van der Waals surface area contributed by atoms with Crippen molar-refractivity contribution >= 4 is 50.1 Å². The normalized spacial score (nSPS) is 15.8. The van der Waals surface area contributed by atoms with Crippen LogP contribution in [0.5, 0.6) is 0 Å². The summed E-state index contributed by atoms with van der Waals surface area (Å²) in [6.45, 7) is 2.62. The summed E-state index contributed by atoms with van der Waals surface area (Å²) in [5, 5.41) is 5.17. The molecule has 1 N–H and O–H groups in total. The van der Waals surface area contributed by atoms with Crippen LogP contribution >= 0.6 is 15.9 Å². The fraction of sp³-hybridized carbons (Fsp3) is 0.367. The summed E-state index contributed by atoms with van der Waals surface area (Å²) in [6, 6.07) is 19.2. The van der Waals surface area contributed by atoms with Gasteiger partial charge in [0.25, 0.3) is 5.91 Å². The minimum Gasteiger partial charge on any atom is -0.352 e. The van der Waals surface area contributed by atoms with Crippen molar-refractivity contribution < 1.29 is 14.4 Å². The molecule has 1 saturated carbocycles. The zero-order chi connectivity index (χ0) is 25.9. The summed E-state index contributed by atoms with van der Waals surface area (Å²) in [5.74, 6) is -0.205. The van der Waals surface area contributed by atoms with Crippen LogP contribution < -0.4 is 10.2 Å². The summed E-state index contributed by atoms with van der Waals surface area (Å²) < 4.78 is 0.965. The van der Waals surface area contributed by atoms with Crippen LogP contribution in [0.25, 0.3) is 10.8 Å². The number of anilines is 1. The van der Waals surface area contributed by atoms with Crippen LogP contribution in [0.1, 0.15) is 61.4 Å². The molecular weight excluding hydrogens is 530 g/mol. The van der Waals surface area contributed by atoms with Crippen LogP contribution in [0.15, 0.2) is 65.1 Å². The molecule has 1 atom stereocenters. The van der Waals surface area contributed by atoms with Gasteiger partial charge in [0, 0.05) is 41.0 Å². The van der Waals surface area contributed by atoms with Gasteiger partial charge in [-0.15, -0.1) is 0 Å². The van der Waals surface area contributed by atoms with E-state index >= 15 is 0 Å². The number of carbonyl (C=O) groups is 3. The monoisotopic (exact) mass is 561 g/mol. The molecule has 6 nitrogen and oxygen atoms in total. The third-order valence-electron chi connectivity index (χ3n) is 7.56. The molecular formula is C30H32BrN3O3. The summed E-state index contributed by atoms with van der Waals surface area (Å²) in [4.78, 5) is 43.1. The fourth-order valence-corrected chi connectivity index (χ4v) is 5.76. The highest BCUT2D eigenvalue weighted by molar-refractivity contribution is 9.10. The Morgan fingerprint density at radius 1 is 1.05 bits per heavy atom. The van der Waals surface area contributed by atoms with Gasteiger partial charge in [-0.1, -0.05) is 65.2 Å². The third-order valence-corrected chi connectivity index (χ3v) is 8.09. The maximum absolute atomic E-state index is 13.5. The average molecular weight is 563 g/mol. The van der Waals surface area contributed by atoms with Gasteiger partial charge in [-0.05, 0) is 61.4 Å². The van der Waals surface area contributed by atoms with Gasteiger partial charge in [0.2, 0.25) is 11.8 Å². The van der Waals surface area contributed by atoms with Crippen LogP contribution in [0.3, 0.4) is 0 Å². The van der Waals surface area contributed by atoms with Gasteiger partial charge in [-0.2, -0.15) is 0 Å². The molecule has 2 aliphatic rings. The van der Waals surface area contributed by atoms with Crippen molar-refractivity contribution in [2.24, 2.45) is 0 Å². The Bertz CT molecular complexity index is 1310. The average Bonchev–Trinajstić information content (AvgIpc) is 3.51. The quantitative estimate of drug-likeness (QED) is 0.358. The maximum Gasteiger partial charge on any atom is 0.258 e. The first-order valence-electron chi connectivity index (χ1n) is 13.1. The Balaban J connectivity index is 1.27. The van der Waals surface area contributed by atoms with E-state index in [2.05, 4.69) is 21.2 Å². The standard InChI is InChI=1S/C30H32BrN3O3/c1-20(29(36)32-24-9-2-3-10-24)34(19-21-14-16-23(31)17-15-21)27(35)13-6-18-33-26-12-5-8-22-7-4-11-25(28(22)26)30(33)37/h4-5,7-8,11-12,14-17,20,24H,2-3,6,9-10,13,18-19H2,1H3,(H,32,36). The van der Waals surface area contributed by atoms with E-state index in [4.69, 9.17) is 0 Å². The number of hydrogen-bond acceptors (Lipinski definition) is 3. The highest BCUT2D eigenvalue weighted by Crippen LogP contribution is 2.37. The first-order chi connectivity index (χ1) is 17.9. The van der Waals surface area contributed by atoms with Gasteiger partial charge in [0.05, 0.1) is 5.69 Å². The first-order valence-corrected chi connectivity index (χ1v) is 13.9. The number of rotatable bonds is 9. The zero-order valence-electron chi connectivity index (χ0n) is 21.1. The van der Waals surface area contributed by atoms with Crippen molar-refractivity contribution in [1.29, 1.82) is 0 Å². The molecule has 5 rings (SSSR count). The van der Waals surface area contributed by atoms with E-state index in [1.807, 2.05) is 67.6 Å². The summed E-state index contributed by atoms with van der Waals surface area (Å²) >= 11 is 3.46. The molecule has 0 radical (unpaired) electrons. The van der Waals surface area contributed by atoms with E-state index in [0.29, 0.717) is 25.1 Å². The van der Waals surface area contributed by atoms with Gasteiger partial charge in [0.1, 0.15) is 6.04 Å². The van der Waals surface area contributed by atoms with E-state index < -0.39 is 6.04 Å². The Hall–Kier alpha value is -3.19. The van der Waals surface area contributed by atoms with Crippen molar-refractivity contribution in [1.82, 2.24) is 10.2 Å². The highest BCUT2D eigenvalue weighted by Gasteiger charge is 2.31. The number of halogens is 1. The van der Waals surface area contributed by atoms with Crippen molar-refractivity contribution in [3.8, 4) is 0 Å². The lowest BCUT2D eigenvalue weighted by Crippen LogP contribution is -2.49. The van der Waals surface area contributed by atoms with Crippen LogP contribution in [0.4, 0.5) is 5.69 Å². The van der Waals surface area contributed by atoms with Crippen LogP contribution in [-0.2, 0) is 16.1 Å². The molecule has 1 unspecified atom stereocenters. The smallest absolute Gasteiger partial charge is 0.258 e. The number of nitrogens with zero attached hydrogens (tertiary/aromatic N) is 2. The molecule has 0 aromatic heterocycles. The molecule has 0 bridgehead atoms. The molecule has 7 heteroatoms. The first kappa shape index (κ1) is 25.5. The molecule has 3 aromatic carbocycles. The lowest BCUT2D eigenvalue weighted by atomic mass is 10.1. The van der Waals surface area contributed by atoms with E-state index in [1.54, 1.807) is 9.80 Å². The second-order valence-corrected chi connectivity index (χ2v) is 11.0. The Kier molecular flexibility index (Phi) is 7.60. The molecule has 3 aromatic rings. The number of carbonyl (C=O) groups excluding carboxylic acids is 3. The lowest BCUT2D eigenvalue weighted by Gasteiger charge is -2.30. The highest BCUT2D eigenvalue weighted by atomic mass is 79.9. The number of benzene rings is 3. The molecule has 192 valence electrons. The van der Waals surface area contributed by atoms with Gasteiger partial charge >= 0.3 is 0 Å². The fourth-order valence-electron chi connectivity index (χ4n) is 5.49. The molecule has 1 heterocycles. The van der Waals surface area contributed by atoms with Crippen molar-refractivity contribution in [2.45, 2.75) is 64.1 Å². The number of amides is 3. The number of hydrogen-bond donors (Lipinski definition) is 1. The molecule has 3 amide bonds. The maximum atomic E-state index is 13.5. The number of nitrogens with one attached hydrogen (secondary N) is 1. The van der Waals surface area contributed by atoms with Crippen molar-refractivity contribution in [2.75, 3.05) is 11.4 Å². The van der Waals surface area contributed by atoms with E-state index in [9.17, 15) is 14.4 Å². The van der Waals surface area contributed by atoms with E-state index in [0.717, 1.165) is 52.2 Å². The molecule has 0 saturated heterocycles. The Labute approximate surface area is 226 Å². The summed E-state index contributed by atoms with van der Waals surface area (Å²) in [6.07, 6.45) is 5.04. The molecule has 1 fully saturated rings. The second-order valence-electron chi connectivity index (χ2n) is 10.1. The van der Waals surface area contributed by atoms with Gasteiger partial charge in [0.15, 0.2) is 0 Å². The molecule has 1 aliphatic heterocycles. The predicted molar refractivity (Wildman–Crippen MR) is 149 cm³/mol. The van der Waals surface area contributed by atoms with Crippen LogP contribution in [-0.4, -0.2) is 41.2 Å². The molecule has 1 aliphatic carbocycles. The minimum absolute atomic E-state index is 0.0183. The Morgan fingerprint density at radius 3 is 2.49 bits per heavy atom. The van der Waals surface area contributed by atoms with Crippen LogP contribution in [0, 0.1) is 0 Å². The van der Waals surface area contributed by atoms with Crippen molar-refractivity contribution in [3.63, 3.8) is 0 Å². The van der Waals surface area contributed by atoms with Crippen molar-refractivity contribution in [3.05, 3.63) is 76.3 Å². The minimum atomic E-state index is -0.580. The van der Waals surface area contributed by atoms with E-state index in [-0.39, 0.29) is 30.2 Å². The summed E-state index contributed by atoms with van der Waals surface area (Å²) in [5.41, 5.74) is 2.59. The Morgan fingerprint density at radius 2 is 1.76 bits per heavy atom. The van der Waals surface area contributed by atoms with Gasteiger partial charge in [-0.3, -0.25) is 14.4 Å². The SMILES string of the molecule is CC(C(=O)NC1CCCC1)N(Cc1ccc(Br)cc1)C(=O)CCCN1C(=O)c2cccc3cccc1c23. The topological polar surface area (TPSA) is 69.7 Å². The summed E-state index contributed by atoms with van der Waals surface area (Å²) in [7, 11) is 0. The predicted octanol–water partition coefficient (Wildman–Crippen LogP) is 5.82. The van der Waals surface area contributed by atoms with Crippen LogP contribution in [0.2, 0.25) is 0 Å². The molecule has 37 heavy (non-hydrogen) atoms. The third kappa shape index (κ3) is 5.42.